The molecule has 1 aromatic carbocycles. The highest BCUT2D eigenvalue weighted by Crippen LogP contribution is 2.11. The molecule has 0 radical (unpaired) electrons. The molecule has 0 aliphatic heterocycles. The molecule has 1 unspecified atom stereocenters. The molecule has 1 atom stereocenters. The zero-order valence-corrected chi connectivity index (χ0v) is 9.15. The monoisotopic (exact) mass is 226 g/mol. The average Bonchev–Trinajstić information content (AvgIpc) is 2.26. The summed E-state index contributed by atoms with van der Waals surface area (Å²) >= 11 is 0. The van der Waals surface area contributed by atoms with Crippen LogP contribution in [0.2, 0.25) is 0 Å². The molecular weight excluding hydrogens is 211 g/mol. The van der Waals surface area contributed by atoms with Gasteiger partial charge in [-0.05, 0) is 12.5 Å². The number of ether oxygens (including phenoxy) is 1. The zero-order valence-electron chi connectivity index (χ0n) is 9.15. The van der Waals surface area contributed by atoms with Crippen molar-refractivity contribution in [2.45, 2.75) is 32.5 Å². The molecule has 0 aliphatic carbocycles. The Bertz CT molecular complexity index is 352. The maximum Gasteiger partial charge on any atom is 0.332 e. The summed E-state index contributed by atoms with van der Waals surface area (Å²) in [4.78, 5) is 10.8. The van der Waals surface area contributed by atoms with Crippen LogP contribution < -0.4 is 0 Å². The number of aliphatic carboxylic acids is 1. The Morgan fingerprint density at radius 1 is 1.50 bits per heavy atom. The van der Waals surface area contributed by atoms with Gasteiger partial charge in [0.15, 0.2) is 6.10 Å². The predicted molar refractivity (Wildman–Crippen MR) is 57.5 cm³/mol. The maximum atomic E-state index is 13.2. The molecule has 0 amide bonds. The van der Waals surface area contributed by atoms with Crippen LogP contribution in [0.25, 0.3) is 0 Å². The summed E-state index contributed by atoms with van der Waals surface area (Å²) in [7, 11) is 0. The number of halogens is 1. The standard InChI is InChI=1S/C12H15FO3/c1-2-5-11(12(14)15)16-8-9-6-3-4-7-10(9)13/h3-4,6-7,11H,2,5,8H2,1H3,(H,14,15). The zero-order chi connectivity index (χ0) is 12.0. The van der Waals surface area contributed by atoms with Gasteiger partial charge >= 0.3 is 5.97 Å². The van der Waals surface area contributed by atoms with Gasteiger partial charge in [0, 0.05) is 5.56 Å². The van der Waals surface area contributed by atoms with Gasteiger partial charge in [-0.1, -0.05) is 31.5 Å². The van der Waals surface area contributed by atoms with Gasteiger partial charge in [-0.3, -0.25) is 0 Å². The minimum Gasteiger partial charge on any atom is -0.479 e. The Kier molecular flexibility index (Phi) is 4.92. The summed E-state index contributed by atoms with van der Waals surface area (Å²) in [5.41, 5.74) is 0.379. The van der Waals surface area contributed by atoms with Crippen molar-refractivity contribution in [3.63, 3.8) is 0 Å². The van der Waals surface area contributed by atoms with Gasteiger partial charge in [0.05, 0.1) is 6.61 Å². The van der Waals surface area contributed by atoms with Crippen LogP contribution in [0.15, 0.2) is 24.3 Å². The lowest BCUT2D eigenvalue weighted by molar-refractivity contribution is -0.151. The van der Waals surface area contributed by atoms with Gasteiger partial charge in [-0.2, -0.15) is 0 Å². The molecule has 16 heavy (non-hydrogen) atoms. The van der Waals surface area contributed by atoms with Gasteiger partial charge in [0.1, 0.15) is 5.82 Å². The Hall–Kier alpha value is -1.42. The Morgan fingerprint density at radius 3 is 2.75 bits per heavy atom. The summed E-state index contributed by atoms with van der Waals surface area (Å²) < 4.78 is 18.4. The van der Waals surface area contributed by atoms with Crippen molar-refractivity contribution in [3.8, 4) is 0 Å². The largest absolute Gasteiger partial charge is 0.479 e. The van der Waals surface area contributed by atoms with E-state index < -0.39 is 12.1 Å². The van der Waals surface area contributed by atoms with Crippen molar-refractivity contribution >= 4 is 5.97 Å². The topological polar surface area (TPSA) is 46.5 Å². The number of benzene rings is 1. The van der Waals surface area contributed by atoms with Crippen molar-refractivity contribution in [2.24, 2.45) is 0 Å². The van der Waals surface area contributed by atoms with E-state index in [0.29, 0.717) is 18.4 Å². The van der Waals surface area contributed by atoms with Gasteiger partial charge in [0.2, 0.25) is 0 Å². The molecule has 0 aliphatic rings. The molecule has 0 aromatic heterocycles. The third-order valence-electron chi connectivity index (χ3n) is 2.22. The van der Waals surface area contributed by atoms with Crippen LogP contribution in [0.3, 0.4) is 0 Å². The van der Waals surface area contributed by atoms with Gasteiger partial charge in [-0.25, -0.2) is 9.18 Å². The maximum absolute atomic E-state index is 13.2. The van der Waals surface area contributed by atoms with Crippen molar-refractivity contribution in [3.05, 3.63) is 35.6 Å². The van der Waals surface area contributed by atoms with E-state index in [0.717, 1.165) is 0 Å². The van der Waals surface area contributed by atoms with Crippen LogP contribution in [0.4, 0.5) is 4.39 Å². The van der Waals surface area contributed by atoms with E-state index in [9.17, 15) is 9.18 Å². The summed E-state index contributed by atoms with van der Waals surface area (Å²) in [6.45, 7) is 1.87. The van der Waals surface area contributed by atoms with E-state index in [1.165, 1.54) is 6.07 Å². The minimum absolute atomic E-state index is 0.0103. The first-order valence-electron chi connectivity index (χ1n) is 5.23. The lowest BCUT2D eigenvalue weighted by Crippen LogP contribution is -2.23. The van der Waals surface area contributed by atoms with Gasteiger partial charge < -0.3 is 9.84 Å². The van der Waals surface area contributed by atoms with Gasteiger partial charge in [-0.15, -0.1) is 0 Å². The molecule has 1 rings (SSSR count). The molecule has 0 bridgehead atoms. The van der Waals surface area contributed by atoms with Crippen LogP contribution in [-0.2, 0) is 16.1 Å². The molecule has 0 heterocycles. The normalized spacial score (nSPS) is 12.4. The Morgan fingerprint density at radius 2 is 2.19 bits per heavy atom. The second-order valence-electron chi connectivity index (χ2n) is 3.52. The van der Waals surface area contributed by atoms with E-state index in [1.807, 2.05) is 6.92 Å². The third-order valence-corrected chi connectivity index (χ3v) is 2.22. The van der Waals surface area contributed by atoms with Gasteiger partial charge in [0.25, 0.3) is 0 Å². The lowest BCUT2D eigenvalue weighted by atomic mass is 10.2. The van der Waals surface area contributed by atoms with Crippen molar-refractivity contribution in [1.82, 2.24) is 0 Å². The predicted octanol–water partition coefficient (Wildman–Crippen LogP) is 2.60. The molecular formula is C12H15FO3. The van der Waals surface area contributed by atoms with E-state index in [4.69, 9.17) is 9.84 Å². The third kappa shape index (κ3) is 3.62. The molecule has 88 valence electrons. The fourth-order valence-corrected chi connectivity index (χ4v) is 1.35. The lowest BCUT2D eigenvalue weighted by Gasteiger charge is -2.12. The molecule has 1 aromatic rings. The number of carbonyl (C=O) groups is 1. The second-order valence-corrected chi connectivity index (χ2v) is 3.52. The highest BCUT2D eigenvalue weighted by atomic mass is 19.1. The summed E-state index contributed by atoms with van der Waals surface area (Å²) in [5, 5.41) is 8.83. The van der Waals surface area contributed by atoms with Crippen molar-refractivity contribution in [1.29, 1.82) is 0 Å². The smallest absolute Gasteiger partial charge is 0.332 e. The van der Waals surface area contributed by atoms with Crippen molar-refractivity contribution in [2.75, 3.05) is 0 Å². The number of rotatable bonds is 6. The van der Waals surface area contributed by atoms with E-state index in [2.05, 4.69) is 0 Å². The van der Waals surface area contributed by atoms with E-state index in [-0.39, 0.29) is 12.4 Å². The molecule has 1 N–H and O–H groups in total. The SMILES string of the molecule is CCCC(OCc1ccccc1F)C(=O)O. The highest BCUT2D eigenvalue weighted by Gasteiger charge is 2.17. The number of hydrogen-bond acceptors (Lipinski definition) is 2. The number of carboxylic acids is 1. The Balaban J connectivity index is 2.55. The molecule has 0 saturated heterocycles. The van der Waals surface area contributed by atoms with Crippen LogP contribution in [0.1, 0.15) is 25.3 Å². The van der Waals surface area contributed by atoms with Crippen LogP contribution in [-0.4, -0.2) is 17.2 Å². The van der Waals surface area contributed by atoms with Crippen molar-refractivity contribution < 1.29 is 19.0 Å². The van der Waals surface area contributed by atoms with E-state index >= 15 is 0 Å². The molecule has 3 nitrogen and oxygen atoms in total. The van der Waals surface area contributed by atoms with Crippen LogP contribution in [0.5, 0.6) is 0 Å². The quantitative estimate of drug-likeness (QED) is 0.811. The first-order valence-corrected chi connectivity index (χ1v) is 5.23. The molecule has 0 spiro atoms. The fourth-order valence-electron chi connectivity index (χ4n) is 1.35. The molecule has 0 saturated carbocycles. The van der Waals surface area contributed by atoms with E-state index in [1.54, 1.807) is 18.2 Å². The van der Waals surface area contributed by atoms with Crippen LogP contribution >= 0.6 is 0 Å². The Labute approximate surface area is 93.9 Å². The highest BCUT2D eigenvalue weighted by molar-refractivity contribution is 5.72. The second kappa shape index (κ2) is 6.23. The first kappa shape index (κ1) is 12.6. The summed E-state index contributed by atoms with van der Waals surface area (Å²) in [6, 6.07) is 6.19. The fraction of sp³-hybridized carbons (Fsp3) is 0.417. The minimum atomic E-state index is -1.00. The number of hydrogen-bond donors (Lipinski definition) is 1. The summed E-state index contributed by atoms with van der Waals surface area (Å²) in [6.07, 6.45) is 0.294. The number of carboxylic acid groups (broad SMARTS) is 1. The summed E-state index contributed by atoms with van der Waals surface area (Å²) in [5.74, 6) is -1.37. The molecule has 4 heteroatoms. The first-order chi connectivity index (χ1) is 7.65. The average molecular weight is 226 g/mol. The van der Waals surface area contributed by atoms with Crippen LogP contribution in [0, 0.1) is 5.82 Å². The molecule has 0 fully saturated rings.